The first-order valence-corrected chi connectivity index (χ1v) is 7.44. The van der Waals surface area contributed by atoms with E-state index in [0.717, 1.165) is 51.7 Å². The maximum atomic E-state index is 12.4. The summed E-state index contributed by atoms with van der Waals surface area (Å²) in [6.45, 7) is 2.71. The Labute approximate surface area is 115 Å². The Kier molecular flexibility index (Phi) is 5.19. The minimum atomic E-state index is 0.119. The largest absolute Gasteiger partial charge is 0.337 e. The third-order valence-electron chi connectivity index (χ3n) is 4.13. The van der Waals surface area contributed by atoms with Gasteiger partial charge in [0.05, 0.1) is 6.54 Å². The van der Waals surface area contributed by atoms with Gasteiger partial charge >= 0.3 is 0 Å². The van der Waals surface area contributed by atoms with E-state index in [4.69, 9.17) is 0 Å². The Balaban J connectivity index is 1.90. The summed E-state index contributed by atoms with van der Waals surface area (Å²) in [6.07, 6.45) is 5.84. The first-order valence-electron chi connectivity index (χ1n) is 7.44. The molecule has 5 heteroatoms. The maximum absolute atomic E-state index is 12.4. The van der Waals surface area contributed by atoms with Gasteiger partial charge in [-0.25, -0.2) is 0 Å². The number of likely N-dealkylation sites (tertiary alicyclic amines) is 2. The van der Waals surface area contributed by atoms with Gasteiger partial charge in [0.1, 0.15) is 0 Å². The van der Waals surface area contributed by atoms with Gasteiger partial charge in [-0.3, -0.25) is 9.59 Å². The van der Waals surface area contributed by atoms with Crippen molar-refractivity contribution in [1.29, 1.82) is 0 Å². The zero-order valence-corrected chi connectivity index (χ0v) is 11.9. The molecule has 1 N–H and O–H groups in total. The molecule has 19 heavy (non-hydrogen) atoms. The summed E-state index contributed by atoms with van der Waals surface area (Å²) in [5.41, 5.74) is 0. The Hall–Kier alpha value is -1.10. The molecule has 0 spiro atoms. The summed E-state index contributed by atoms with van der Waals surface area (Å²) >= 11 is 0. The molecule has 5 nitrogen and oxygen atoms in total. The fraction of sp³-hybridized carbons (Fsp3) is 0.857. The van der Waals surface area contributed by atoms with E-state index < -0.39 is 0 Å². The summed E-state index contributed by atoms with van der Waals surface area (Å²) < 4.78 is 0. The summed E-state index contributed by atoms with van der Waals surface area (Å²) in [4.78, 5) is 28.0. The lowest BCUT2D eigenvalue weighted by atomic mass is 10.2. The highest BCUT2D eigenvalue weighted by molar-refractivity contribution is 5.85. The van der Waals surface area contributed by atoms with Crippen LogP contribution in [-0.2, 0) is 9.59 Å². The van der Waals surface area contributed by atoms with Crippen LogP contribution < -0.4 is 5.32 Å². The molecule has 0 aromatic carbocycles. The molecule has 1 unspecified atom stereocenters. The molecule has 2 amide bonds. The van der Waals surface area contributed by atoms with E-state index >= 15 is 0 Å². The number of hydrogen-bond acceptors (Lipinski definition) is 3. The number of likely N-dealkylation sites (N-methyl/N-ethyl adjacent to an activating group) is 1. The molecule has 1 atom stereocenters. The number of carbonyl (C=O) groups is 2. The molecule has 2 fully saturated rings. The standard InChI is InChI=1S/C14H25N3O2/c1-15-10-12-6-5-9-17(12)14(19)11-16-8-4-2-3-7-13(16)18/h12,15H,2-11H2,1H3. The molecule has 0 saturated carbocycles. The second-order valence-corrected chi connectivity index (χ2v) is 5.57. The topological polar surface area (TPSA) is 52.7 Å². The highest BCUT2D eigenvalue weighted by Crippen LogP contribution is 2.18. The van der Waals surface area contributed by atoms with Crippen molar-refractivity contribution >= 4 is 11.8 Å². The van der Waals surface area contributed by atoms with Crippen molar-refractivity contribution in [2.75, 3.05) is 33.2 Å². The first kappa shape index (κ1) is 14.3. The zero-order chi connectivity index (χ0) is 13.7. The SMILES string of the molecule is CNCC1CCCN1C(=O)CN1CCCCCC1=O. The Bertz CT molecular complexity index is 333. The molecule has 0 aromatic heterocycles. The molecular weight excluding hydrogens is 242 g/mol. The van der Waals surface area contributed by atoms with E-state index in [0.29, 0.717) is 12.5 Å². The van der Waals surface area contributed by atoms with Crippen LogP contribution in [0.1, 0.15) is 38.5 Å². The van der Waals surface area contributed by atoms with Crippen LogP contribution in [0, 0.1) is 0 Å². The van der Waals surface area contributed by atoms with E-state index in [-0.39, 0.29) is 18.4 Å². The van der Waals surface area contributed by atoms with Gasteiger partial charge in [-0.05, 0) is 32.7 Å². The third-order valence-corrected chi connectivity index (χ3v) is 4.13. The number of hydrogen-bond donors (Lipinski definition) is 1. The molecule has 2 heterocycles. The Morgan fingerprint density at radius 3 is 2.89 bits per heavy atom. The van der Waals surface area contributed by atoms with Crippen molar-refractivity contribution < 1.29 is 9.59 Å². The van der Waals surface area contributed by atoms with Crippen LogP contribution in [0.4, 0.5) is 0 Å². The summed E-state index contributed by atoms with van der Waals surface area (Å²) in [5, 5.41) is 3.14. The lowest BCUT2D eigenvalue weighted by Gasteiger charge is -2.28. The monoisotopic (exact) mass is 267 g/mol. The number of nitrogens with one attached hydrogen (secondary N) is 1. The second-order valence-electron chi connectivity index (χ2n) is 5.57. The smallest absolute Gasteiger partial charge is 0.242 e. The normalized spacial score (nSPS) is 24.7. The maximum Gasteiger partial charge on any atom is 0.242 e. The van der Waals surface area contributed by atoms with Crippen molar-refractivity contribution in [3.8, 4) is 0 Å². The highest BCUT2D eigenvalue weighted by atomic mass is 16.2. The zero-order valence-electron chi connectivity index (χ0n) is 11.9. The van der Waals surface area contributed by atoms with Crippen molar-refractivity contribution in [3.05, 3.63) is 0 Å². The summed E-state index contributed by atoms with van der Waals surface area (Å²) in [6, 6.07) is 0.305. The molecule has 2 saturated heterocycles. The van der Waals surface area contributed by atoms with Crippen LogP contribution in [0.2, 0.25) is 0 Å². The third kappa shape index (κ3) is 3.69. The Morgan fingerprint density at radius 1 is 1.26 bits per heavy atom. The molecule has 2 aliphatic rings. The average Bonchev–Trinajstić information content (AvgIpc) is 2.76. The van der Waals surface area contributed by atoms with E-state index in [9.17, 15) is 9.59 Å². The molecule has 2 rings (SSSR count). The van der Waals surface area contributed by atoms with Crippen LogP contribution in [0.5, 0.6) is 0 Å². The predicted molar refractivity (Wildman–Crippen MR) is 73.7 cm³/mol. The lowest BCUT2D eigenvalue weighted by molar-refractivity contribution is -0.140. The van der Waals surface area contributed by atoms with Gasteiger partial charge in [0.25, 0.3) is 0 Å². The van der Waals surface area contributed by atoms with Gasteiger partial charge in [-0.2, -0.15) is 0 Å². The Morgan fingerprint density at radius 2 is 2.11 bits per heavy atom. The van der Waals surface area contributed by atoms with Gasteiger partial charge in [-0.15, -0.1) is 0 Å². The predicted octanol–water partition coefficient (Wildman–Crippen LogP) is 0.599. The van der Waals surface area contributed by atoms with Crippen molar-refractivity contribution in [2.45, 2.75) is 44.6 Å². The number of rotatable bonds is 4. The second kappa shape index (κ2) is 6.89. The van der Waals surface area contributed by atoms with Gasteiger partial charge in [0.2, 0.25) is 11.8 Å². The molecule has 108 valence electrons. The van der Waals surface area contributed by atoms with Crippen LogP contribution in [-0.4, -0.2) is 60.9 Å². The average molecular weight is 267 g/mol. The molecule has 0 aliphatic carbocycles. The van der Waals surface area contributed by atoms with Crippen molar-refractivity contribution in [1.82, 2.24) is 15.1 Å². The van der Waals surface area contributed by atoms with Gasteiger partial charge in [0, 0.05) is 32.1 Å². The molecular formula is C14H25N3O2. The summed E-state index contributed by atoms with van der Waals surface area (Å²) in [5.74, 6) is 0.267. The van der Waals surface area contributed by atoms with E-state index in [1.165, 1.54) is 0 Å². The molecule has 0 bridgehead atoms. The quantitative estimate of drug-likeness (QED) is 0.811. The van der Waals surface area contributed by atoms with Crippen molar-refractivity contribution in [3.63, 3.8) is 0 Å². The van der Waals surface area contributed by atoms with Crippen LogP contribution in [0.3, 0.4) is 0 Å². The van der Waals surface area contributed by atoms with Crippen LogP contribution in [0.25, 0.3) is 0 Å². The van der Waals surface area contributed by atoms with Gasteiger partial charge in [-0.1, -0.05) is 6.42 Å². The fourth-order valence-electron chi connectivity index (χ4n) is 3.07. The number of carbonyl (C=O) groups excluding carboxylic acids is 2. The summed E-state index contributed by atoms with van der Waals surface area (Å²) in [7, 11) is 1.92. The minimum Gasteiger partial charge on any atom is -0.337 e. The van der Waals surface area contributed by atoms with E-state index in [2.05, 4.69) is 5.32 Å². The highest BCUT2D eigenvalue weighted by Gasteiger charge is 2.30. The van der Waals surface area contributed by atoms with Gasteiger partial charge < -0.3 is 15.1 Å². The van der Waals surface area contributed by atoms with Crippen molar-refractivity contribution in [2.24, 2.45) is 0 Å². The van der Waals surface area contributed by atoms with E-state index in [1.807, 2.05) is 11.9 Å². The molecule has 0 aromatic rings. The molecule has 2 aliphatic heterocycles. The van der Waals surface area contributed by atoms with Gasteiger partial charge in [0.15, 0.2) is 0 Å². The minimum absolute atomic E-state index is 0.119. The first-order chi connectivity index (χ1) is 9.22. The fourth-order valence-corrected chi connectivity index (χ4v) is 3.07. The number of amides is 2. The van der Waals surface area contributed by atoms with Crippen LogP contribution >= 0.6 is 0 Å². The van der Waals surface area contributed by atoms with Crippen LogP contribution in [0.15, 0.2) is 0 Å². The molecule has 0 radical (unpaired) electrons. The number of nitrogens with zero attached hydrogens (tertiary/aromatic N) is 2. The lowest BCUT2D eigenvalue weighted by Crippen LogP contribution is -2.46. The van der Waals surface area contributed by atoms with E-state index in [1.54, 1.807) is 4.90 Å².